The van der Waals surface area contributed by atoms with E-state index in [0.29, 0.717) is 19.2 Å². The highest BCUT2D eigenvalue weighted by molar-refractivity contribution is 7.99. The molecule has 2 aliphatic rings. The van der Waals surface area contributed by atoms with E-state index in [4.69, 9.17) is 9.84 Å². The zero-order chi connectivity index (χ0) is 19.3. The molecule has 1 saturated heterocycles. The molecule has 4 heterocycles. The zero-order valence-corrected chi connectivity index (χ0v) is 18.4. The average Bonchev–Trinajstić information content (AvgIpc) is 3.51. The summed E-state index contributed by atoms with van der Waals surface area (Å²) in [5.74, 6) is 2.34. The van der Waals surface area contributed by atoms with E-state index in [-0.39, 0.29) is 11.9 Å². The van der Waals surface area contributed by atoms with Gasteiger partial charge in [-0.2, -0.15) is 16.9 Å². The number of hydrazone groups is 1. The summed E-state index contributed by atoms with van der Waals surface area (Å²) in [6.07, 6.45) is 1.92. The van der Waals surface area contributed by atoms with Crippen molar-refractivity contribution in [3.05, 3.63) is 44.8 Å². The van der Waals surface area contributed by atoms with Gasteiger partial charge in [0, 0.05) is 36.7 Å². The van der Waals surface area contributed by atoms with Crippen molar-refractivity contribution in [2.75, 3.05) is 38.3 Å². The summed E-state index contributed by atoms with van der Waals surface area (Å²) < 4.78 is 5.29. The number of rotatable bonds is 8. The van der Waals surface area contributed by atoms with Crippen molar-refractivity contribution in [3.8, 4) is 0 Å². The largest absolute Gasteiger partial charge is 0.383 e. The molecule has 0 spiro atoms. The first-order chi connectivity index (χ1) is 13.8. The first-order valence-electron chi connectivity index (χ1n) is 9.54. The van der Waals surface area contributed by atoms with Gasteiger partial charge in [0.15, 0.2) is 0 Å². The van der Waals surface area contributed by atoms with Gasteiger partial charge in [-0.15, -0.1) is 22.7 Å². The molecule has 0 radical (unpaired) electrons. The number of thioether (sulfide) groups is 1. The number of hydrogen-bond donors (Lipinski definition) is 0. The van der Waals surface area contributed by atoms with E-state index >= 15 is 0 Å². The van der Waals surface area contributed by atoms with Crippen LogP contribution in [0, 0.1) is 0 Å². The minimum absolute atomic E-state index is 0.00632. The van der Waals surface area contributed by atoms with Gasteiger partial charge >= 0.3 is 0 Å². The molecule has 2 aromatic rings. The third-order valence-electron chi connectivity index (χ3n) is 5.19. The average molecular weight is 436 g/mol. The van der Waals surface area contributed by atoms with Crippen LogP contribution in [0.1, 0.15) is 28.6 Å². The number of ether oxygens (including phenoxy) is 1. The maximum Gasteiger partial charge on any atom is 0.257 e. The van der Waals surface area contributed by atoms with E-state index in [1.807, 2.05) is 23.9 Å². The van der Waals surface area contributed by atoms with Crippen LogP contribution in [0.3, 0.4) is 0 Å². The van der Waals surface area contributed by atoms with Gasteiger partial charge in [-0.05, 0) is 35.1 Å². The Labute approximate surface area is 178 Å². The Balaban J connectivity index is 1.53. The van der Waals surface area contributed by atoms with E-state index < -0.39 is 0 Å². The van der Waals surface area contributed by atoms with Crippen LogP contribution in [0.4, 0.5) is 0 Å². The van der Waals surface area contributed by atoms with Crippen LogP contribution >= 0.6 is 34.4 Å². The smallest absolute Gasteiger partial charge is 0.257 e. The van der Waals surface area contributed by atoms with Crippen molar-refractivity contribution in [2.45, 2.75) is 24.9 Å². The van der Waals surface area contributed by atoms with Crippen molar-refractivity contribution in [1.29, 1.82) is 0 Å². The summed E-state index contributed by atoms with van der Waals surface area (Å²) in [4.78, 5) is 18.0. The van der Waals surface area contributed by atoms with E-state index in [0.717, 1.165) is 35.7 Å². The first kappa shape index (κ1) is 20.1. The van der Waals surface area contributed by atoms with Crippen LogP contribution in [0.25, 0.3) is 0 Å². The molecule has 0 N–H and O–H groups in total. The SMILES string of the molecule is COCCN(CC(=O)N1N=C(c2cccs2)C[C@H]1c1cccs1)[C@H]1CCSC1. The standard InChI is InChI=1S/C20H25N3O2S3/c1-25-8-7-22(15-6-11-26-14-15)13-20(24)23-17(19-5-3-10-28-19)12-16(21-23)18-4-2-9-27-18/h2-5,9-10,15,17H,6-8,11-14H2,1H3/t15-,17-/m0/s1. The number of methoxy groups -OCH3 is 1. The summed E-state index contributed by atoms with van der Waals surface area (Å²) >= 11 is 5.35. The van der Waals surface area contributed by atoms with Gasteiger partial charge in [-0.25, -0.2) is 5.01 Å². The molecule has 2 aliphatic heterocycles. The quantitative estimate of drug-likeness (QED) is 0.630. The second kappa shape index (κ2) is 9.54. The maximum atomic E-state index is 13.3. The van der Waals surface area contributed by atoms with Crippen LogP contribution in [-0.4, -0.2) is 65.9 Å². The monoisotopic (exact) mass is 435 g/mol. The predicted molar refractivity (Wildman–Crippen MR) is 119 cm³/mol. The topological polar surface area (TPSA) is 45.1 Å². The number of nitrogens with zero attached hydrogens (tertiary/aromatic N) is 3. The van der Waals surface area contributed by atoms with Crippen LogP contribution in [0.2, 0.25) is 0 Å². The van der Waals surface area contributed by atoms with Crippen molar-refractivity contribution < 1.29 is 9.53 Å². The Bertz CT molecular complexity index is 786. The lowest BCUT2D eigenvalue weighted by molar-refractivity contribution is -0.134. The molecular weight excluding hydrogens is 410 g/mol. The highest BCUT2D eigenvalue weighted by atomic mass is 32.2. The molecule has 0 saturated carbocycles. The van der Waals surface area contributed by atoms with Gasteiger partial charge in [0.1, 0.15) is 0 Å². The summed E-state index contributed by atoms with van der Waals surface area (Å²) in [6, 6.07) is 8.74. The van der Waals surface area contributed by atoms with Crippen LogP contribution in [-0.2, 0) is 9.53 Å². The van der Waals surface area contributed by atoms with Gasteiger partial charge in [0.2, 0.25) is 0 Å². The van der Waals surface area contributed by atoms with Gasteiger partial charge in [-0.1, -0.05) is 12.1 Å². The molecule has 0 aliphatic carbocycles. The Hall–Kier alpha value is -1.19. The molecule has 8 heteroatoms. The van der Waals surface area contributed by atoms with E-state index in [1.54, 1.807) is 34.8 Å². The molecule has 2 atom stereocenters. The van der Waals surface area contributed by atoms with Gasteiger partial charge in [0.25, 0.3) is 5.91 Å². The number of thiophene rings is 2. The van der Waals surface area contributed by atoms with Crippen LogP contribution in [0.15, 0.2) is 40.1 Å². The lowest BCUT2D eigenvalue weighted by Gasteiger charge is -2.30. The molecule has 4 rings (SSSR count). The molecule has 150 valence electrons. The lowest BCUT2D eigenvalue weighted by Crippen LogP contribution is -2.44. The number of carbonyl (C=O) groups excluding carboxylic acids is 1. The molecule has 2 aromatic heterocycles. The molecule has 0 aromatic carbocycles. The maximum absolute atomic E-state index is 13.3. The van der Waals surface area contributed by atoms with Gasteiger partial charge in [-0.3, -0.25) is 9.69 Å². The van der Waals surface area contributed by atoms with Crippen LogP contribution < -0.4 is 0 Å². The minimum atomic E-state index is 0.00632. The lowest BCUT2D eigenvalue weighted by atomic mass is 10.1. The fourth-order valence-corrected chi connectivity index (χ4v) is 6.48. The summed E-state index contributed by atoms with van der Waals surface area (Å²) in [5, 5.41) is 10.7. The Morgan fingerprint density at radius 3 is 2.86 bits per heavy atom. The third kappa shape index (κ3) is 4.52. The Kier molecular flexibility index (Phi) is 6.85. The summed E-state index contributed by atoms with van der Waals surface area (Å²) in [6.45, 7) is 1.83. The first-order valence-corrected chi connectivity index (χ1v) is 12.4. The highest BCUT2D eigenvalue weighted by Gasteiger charge is 2.35. The number of carbonyl (C=O) groups is 1. The van der Waals surface area contributed by atoms with E-state index in [9.17, 15) is 4.79 Å². The normalized spacial score (nSPS) is 22.2. The van der Waals surface area contributed by atoms with E-state index in [1.165, 1.54) is 10.6 Å². The molecule has 5 nitrogen and oxygen atoms in total. The highest BCUT2D eigenvalue weighted by Crippen LogP contribution is 2.36. The molecule has 28 heavy (non-hydrogen) atoms. The second-order valence-electron chi connectivity index (χ2n) is 6.98. The number of amides is 1. The molecule has 0 bridgehead atoms. The fraction of sp³-hybridized carbons (Fsp3) is 0.500. The zero-order valence-electron chi connectivity index (χ0n) is 16.0. The Morgan fingerprint density at radius 2 is 2.18 bits per heavy atom. The van der Waals surface area contributed by atoms with Crippen molar-refractivity contribution in [1.82, 2.24) is 9.91 Å². The summed E-state index contributed by atoms with van der Waals surface area (Å²) in [5.41, 5.74) is 1.02. The third-order valence-corrected chi connectivity index (χ3v) is 8.22. The van der Waals surface area contributed by atoms with Crippen molar-refractivity contribution >= 4 is 46.1 Å². The molecular formula is C20H25N3O2S3. The van der Waals surface area contributed by atoms with E-state index in [2.05, 4.69) is 27.8 Å². The molecule has 1 amide bonds. The van der Waals surface area contributed by atoms with Crippen molar-refractivity contribution in [2.24, 2.45) is 5.10 Å². The predicted octanol–water partition coefficient (Wildman–Crippen LogP) is 3.94. The molecule has 1 fully saturated rings. The number of hydrogen-bond acceptors (Lipinski definition) is 7. The molecule has 0 unspecified atom stereocenters. The fourth-order valence-electron chi connectivity index (χ4n) is 3.69. The second-order valence-corrected chi connectivity index (χ2v) is 10.1. The minimum Gasteiger partial charge on any atom is -0.383 e. The Morgan fingerprint density at radius 1 is 1.32 bits per heavy atom. The van der Waals surface area contributed by atoms with Gasteiger partial charge in [0.05, 0.1) is 29.8 Å². The van der Waals surface area contributed by atoms with Crippen molar-refractivity contribution in [3.63, 3.8) is 0 Å². The summed E-state index contributed by atoms with van der Waals surface area (Å²) in [7, 11) is 1.72. The van der Waals surface area contributed by atoms with Gasteiger partial charge < -0.3 is 4.74 Å². The van der Waals surface area contributed by atoms with Crippen LogP contribution in [0.5, 0.6) is 0 Å².